The third kappa shape index (κ3) is 65.3. The van der Waals surface area contributed by atoms with Crippen LogP contribution < -0.4 is 0 Å². The average Bonchev–Trinajstić information content (AvgIpc) is 2.58. The Bertz CT molecular complexity index is 351. The molecule has 0 aromatic rings. The Balaban J connectivity index is -0.000000171. The first-order valence-electron chi connectivity index (χ1n) is 12.9. The number of halogens is 1. The number of rotatable bonds is 9. The van der Waals surface area contributed by atoms with Crippen molar-refractivity contribution in [3.8, 4) is 0 Å². The lowest BCUT2D eigenvalue weighted by Gasteiger charge is -2.18. The van der Waals surface area contributed by atoms with E-state index in [9.17, 15) is 0 Å². The largest absolute Gasteiger partial charge is 0.376 e. The molecule has 0 fully saturated rings. The van der Waals surface area contributed by atoms with E-state index in [4.69, 9.17) is 30.5 Å². The van der Waals surface area contributed by atoms with Crippen molar-refractivity contribution in [3.63, 3.8) is 0 Å². The highest BCUT2D eigenvalue weighted by molar-refractivity contribution is 6.17. The quantitative estimate of drug-likeness (QED) is 0.234. The summed E-state index contributed by atoms with van der Waals surface area (Å²) in [7, 11) is 0. The molecule has 0 unspecified atom stereocenters. The molecule has 4 nitrogen and oxygen atoms in total. The monoisotopic (exact) mass is 498 g/mol. The molecule has 0 radical (unpaired) electrons. The van der Waals surface area contributed by atoms with Gasteiger partial charge in [-0.15, -0.1) is 11.6 Å². The first-order chi connectivity index (χ1) is 14.7. The van der Waals surface area contributed by atoms with Gasteiger partial charge in [-0.05, 0) is 109 Å². The van der Waals surface area contributed by atoms with E-state index in [1.54, 1.807) is 0 Å². The lowest BCUT2D eigenvalue weighted by Crippen LogP contribution is -2.19. The summed E-state index contributed by atoms with van der Waals surface area (Å²) < 4.78 is 21.5. The number of unbranched alkanes of at least 4 members (excludes halogenated alkanes) is 1. The molecule has 0 heterocycles. The topological polar surface area (TPSA) is 36.9 Å². The summed E-state index contributed by atoms with van der Waals surface area (Å²) in [6, 6.07) is 0. The van der Waals surface area contributed by atoms with E-state index in [0.29, 0.717) is 5.88 Å². The second-order valence-corrected chi connectivity index (χ2v) is 12.2. The average molecular weight is 499 g/mol. The standard InChI is InChI=1S/C8H18O.C7H15ClO.C7H16O.C6H14O/c1-5-6-7-9-8(2,3)4;1-7(2,3)9-6-4-5-8;1-5-6-8-7(2,3)4;1-5-7-6(2,3)4/h5-7H2,1-4H3;4-6H2,1-3H3;5-6H2,1-4H3;5H2,1-4H3. The highest BCUT2D eigenvalue weighted by Gasteiger charge is 2.09. The van der Waals surface area contributed by atoms with Gasteiger partial charge in [0.1, 0.15) is 0 Å². The van der Waals surface area contributed by atoms with E-state index in [1.165, 1.54) is 12.8 Å². The Morgan fingerprint density at radius 1 is 0.455 bits per heavy atom. The van der Waals surface area contributed by atoms with Crippen LogP contribution in [0.2, 0.25) is 0 Å². The van der Waals surface area contributed by atoms with Gasteiger partial charge in [0.2, 0.25) is 0 Å². The van der Waals surface area contributed by atoms with Crippen LogP contribution in [0.3, 0.4) is 0 Å². The van der Waals surface area contributed by atoms with Gasteiger partial charge in [-0.1, -0.05) is 20.3 Å². The Hall–Kier alpha value is 0.130. The molecule has 5 heteroatoms. The van der Waals surface area contributed by atoms with Crippen molar-refractivity contribution >= 4 is 11.6 Å². The summed E-state index contributed by atoms with van der Waals surface area (Å²) in [5.74, 6) is 0.691. The third-order valence-electron chi connectivity index (χ3n) is 3.16. The van der Waals surface area contributed by atoms with Gasteiger partial charge in [0, 0.05) is 32.3 Å². The van der Waals surface area contributed by atoms with Crippen molar-refractivity contribution in [2.24, 2.45) is 0 Å². The molecule has 0 aliphatic carbocycles. The molecule has 0 aliphatic rings. The van der Waals surface area contributed by atoms with E-state index in [0.717, 1.165) is 39.3 Å². The highest BCUT2D eigenvalue weighted by atomic mass is 35.5. The SMILES string of the molecule is CC(C)(C)OCCCCl.CCCCOC(C)(C)C.CCCOC(C)(C)C.CCOC(C)(C)C. The molecule has 0 rings (SSSR count). The van der Waals surface area contributed by atoms with Crippen LogP contribution in [0.1, 0.15) is 130 Å². The van der Waals surface area contributed by atoms with E-state index in [1.807, 2.05) is 27.7 Å². The van der Waals surface area contributed by atoms with Gasteiger partial charge < -0.3 is 18.9 Å². The van der Waals surface area contributed by atoms with Gasteiger partial charge in [0.15, 0.2) is 0 Å². The van der Waals surface area contributed by atoms with E-state index in [2.05, 4.69) is 76.2 Å². The Morgan fingerprint density at radius 3 is 0.970 bits per heavy atom. The smallest absolute Gasteiger partial charge is 0.0598 e. The second-order valence-electron chi connectivity index (χ2n) is 11.8. The summed E-state index contributed by atoms with van der Waals surface area (Å²) in [4.78, 5) is 0. The van der Waals surface area contributed by atoms with Gasteiger partial charge in [-0.3, -0.25) is 0 Å². The predicted molar refractivity (Wildman–Crippen MR) is 149 cm³/mol. The summed E-state index contributed by atoms with van der Waals surface area (Å²) in [5.41, 5.74) is 0.145. The zero-order chi connectivity index (χ0) is 27.2. The molecular formula is C28H63ClO4. The lowest BCUT2D eigenvalue weighted by molar-refractivity contribution is -0.00427. The van der Waals surface area contributed by atoms with E-state index >= 15 is 0 Å². The molecule has 0 aliphatic heterocycles. The molecule has 0 saturated heterocycles. The number of hydrogen-bond acceptors (Lipinski definition) is 4. The van der Waals surface area contributed by atoms with Crippen LogP contribution in [0.5, 0.6) is 0 Å². The summed E-state index contributed by atoms with van der Waals surface area (Å²) >= 11 is 5.45. The molecular weight excluding hydrogens is 436 g/mol. The maximum Gasteiger partial charge on any atom is 0.0598 e. The minimum Gasteiger partial charge on any atom is -0.376 e. The number of alkyl halides is 1. The Kier molecular flexibility index (Phi) is 27.6. The summed E-state index contributed by atoms with van der Waals surface area (Å²) in [6.45, 7) is 34.4. The second kappa shape index (κ2) is 22.6. The third-order valence-corrected chi connectivity index (χ3v) is 3.43. The van der Waals surface area contributed by atoms with Crippen LogP contribution in [0.15, 0.2) is 0 Å². The number of hydrogen-bond donors (Lipinski definition) is 0. The lowest BCUT2D eigenvalue weighted by atomic mass is 10.2. The van der Waals surface area contributed by atoms with Crippen molar-refractivity contribution in [2.45, 2.75) is 152 Å². The maximum absolute atomic E-state index is 5.47. The van der Waals surface area contributed by atoms with Crippen LogP contribution in [0, 0.1) is 0 Å². The van der Waals surface area contributed by atoms with E-state index < -0.39 is 0 Å². The molecule has 0 bridgehead atoms. The van der Waals surface area contributed by atoms with Crippen LogP contribution in [0.25, 0.3) is 0 Å². The fraction of sp³-hybridized carbons (Fsp3) is 1.00. The molecule has 0 aromatic carbocycles. The zero-order valence-corrected chi connectivity index (χ0v) is 26.1. The molecule has 0 N–H and O–H groups in total. The van der Waals surface area contributed by atoms with Crippen molar-refractivity contribution in [1.29, 1.82) is 0 Å². The minimum atomic E-state index is -0.00788. The normalized spacial score (nSPS) is 12.0. The van der Waals surface area contributed by atoms with Gasteiger partial charge in [0.25, 0.3) is 0 Å². The molecule has 33 heavy (non-hydrogen) atoms. The highest BCUT2D eigenvalue weighted by Crippen LogP contribution is 2.08. The van der Waals surface area contributed by atoms with Gasteiger partial charge >= 0.3 is 0 Å². The molecule has 0 atom stereocenters. The van der Waals surface area contributed by atoms with E-state index in [-0.39, 0.29) is 22.4 Å². The van der Waals surface area contributed by atoms with Crippen molar-refractivity contribution in [3.05, 3.63) is 0 Å². The first kappa shape index (κ1) is 40.3. The van der Waals surface area contributed by atoms with Crippen molar-refractivity contribution < 1.29 is 18.9 Å². The van der Waals surface area contributed by atoms with Crippen LogP contribution in [0.4, 0.5) is 0 Å². The predicted octanol–water partition coefficient (Wildman–Crippen LogP) is 9.06. The van der Waals surface area contributed by atoms with Crippen LogP contribution in [-0.2, 0) is 18.9 Å². The van der Waals surface area contributed by atoms with Crippen molar-refractivity contribution in [1.82, 2.24) is 0 Å². The molecule has 0 aromatic heterocycles. The van der Waals surface area contributed by atoms with Crippen LogP contribution >= 0.6 is 11.6 Å². The zero-order valence-electron chi connectivity index (χ0n) is 25.4. The fourth-order valence-electron chi connectivity index (χ4n) is 1.80. The maximum atomic E-state index is 5.47. The van der Waals surface area contributed by atoms with Gasteiger partial charge in [-0.25, -0.2) is 0 Å². The Morgan fingerprint density at radius 2 is 0.788 bits per heavy atom. The molecule has 0 saturated carbocycles. The molecule has 0 spiro atoms. The van der Waals surface area contributed by atoms with Crippen LogP contribution in [-0.4, -0.2) is 54.7 Å². The minimum absolute atomic E-state index is 0.00788. The van der Waals surface area contributed by atoms with Crippen molar-refractivity contribution in [2.75, 3.05) is 32.3 Å². The number of ether oxygens (including phenoxy) is 4. The molecule has 0 amide bonds. The van der Waals surface area contributed by atoms with Gasteiger partial charge in [0.05, 0.1) is 22.4 Å². The summed E-state index contributed by atoms with van der Waals surface area (Å²) in [5, 5.41) is 0. The molecule has 206 valence electrons. The first-order valence-corrected chi connectivity index (χ1v) is 13.4. The van der Waals surface area contributed by atoms with Gasteiger partial charge in [-0.2, -0.15) is 0 Å². The Labute approximate surface area is 214 Å². The summed E-state index contributed by atoms with van der Waals surface area (Å²) in [6.07, 6.45) is 4.45. The fourth-order valence-corrected chi connectivity index (χ4v) is 1.91.